The fourth-order valence-corrected chi connectivity index (χ4v) is 1.92. The average Bonchev–Trinajstić information content (AvgIpc) is 2.53. The average molecular weight is 224 g/mol. The second-order valence-electron chi connectivity index (χ2n) is 3.92. The van der Waals surface area contributed by atoms with Crippen LogP contribution in [0, 0.1) is 13.8 Å². The first-order chi connectivity index (χ1) is 7.60. The van der Waals surface area contributed by atoms with E-state index in [2.05, 4.69) is 24.1 Å². The third-order valence-electron chi connectivity index (χ3n) is 2.82. The Morgan fingerprint density at radius 2 is 2.19 bits per heavy atom. The van der Waals surface area contributed by atoms with E-state index in [4.69, 9.17) is 10.9 Å². The van der Waals surface area contributed by atoms with E-state index in [0.717, 1.165) is 25.1 Å². The van der Waals surface area contributed by atoms with Crippen LogP contribution in [0.15, 0.2) is 5.16 Å². The predicted molar refractivity (Wildman–Crippen MR) is 63.7 cm³/mol. The lowest BCUT2D eigenvalue weighted by Crippen LogP contribution is -2.13. The Morgan fingerprint density at radius 1 is 1.50 bits per heavy atom. The maximum atomic E-state index is 8.41. The molecule has 1 rings (SSSR count). The molecule has 1 aromatic rings. The molecule has 16 heavy (non-hydrogen) atoms. The number of oxime groups is 1. The molecule has 1 aromatic heterocycles. The number of nitrogens with two attached hydrogens (primary N) is 1. The van der Waals surface area contributed by atoms with E-state index < -0.39 is 0 Å². The molecular weight excluding hydrogens is 204 g/mol. The maximum absolute atomic E-state index is 8.41. The normalized spacial score (nSPS) is 12.1. The van der Waals surface area contributed by atoms with Crippen LogP contribution in [-0.2, 0) is 13.0 Å². The number of rotatable bonds is 5. The van der Waals surface area contributed by atoms with Crippen molar-refractivity contribution in [3.8, 4) is 0 Å². The van der Waals surface area contributed by atoms with Crippen molar-refractivity contribution in [2.24, 2.45) is 10.9 Å². The van der Waals surface area contributed by atoms with Crippen LogP contribution < -0.4 is 5.73 Å². The van der Waals surface area contributed by atoms with Crippen LogP contribution in [0.25, 0.3) is 0 Å². The lowest BCUT2D eigenvalue weighted by molar-refractivity contribution is 0.316. The quantitative estimate of drug-likeness (QED) is 0.345. The summed E-state index contributed by atoms with van der Waals surface area (Å²) in [5, 5.41) is 15.8. The summed E-state index contributed by atoms with van der Waals surface area (Å²) in [7, 11) is 0. The van der Waals surface area contributed by atoms with Crippen molar-refractivity contribution in [2.75, 3.05) is 0 Å². The van der Waals surface area contributed by atoms with Crippen LogP contribution in [0.3, 0.4) is 0 Å². The van der Waals surface area contributed by atoms with Gasteiger partial charge < -0.3 is 10.9 Å². The fraction of sp³-hybridized carbons (Fsp3) is 0.636. The number of nitrogens with zero attached hydrogens (tertiary/aromatic N) is 3. The molecule has 0 saturated heterocycles. The van der Waals surface area contributed by atoms with Gasteiger partial charge in [0, 0.05) is 18.7 Å². The summed E-state index contributed by atoms with van der Waals surface area (Å²) in [6, 6.07) is 0. The zero-order chi connectivity index (χ0) is 12.1. The molecule has 0 spiro atoms. The summed E-state index contributed by atoms with van der Waals surface area (Å²) < 4.78 is 2.00. The first-order valence-electron chi connectivity index (χ1n) is 5.59. The molecule has 0 saturated carbocycles. The van der Waals surface area contributed by atoms with Crippen molar-refractivity contribution in [2.45, 2.75) is 46.6 Å². The van der Waals surface area contributed by atoms with Crippen molar-refractivity contribution < 1.29 is 5.21 Å². The molecule has 0 aromatic carbocycles. The monoisotopic (exact) mass is 224 g/mol. The minimum Gasteiger partial charge on any atom is -0.409 e. The zero-order valence-electron chi connectivity index (χ0n) is 10.2. The highest BCUT2D eigenvalue weighted by Gasteiger charge is 2.09. The van der Waals surface area contributed by atoms with Crippen molar-refractivity contribution in [3.05, 3.63) is 17.0 Å². The van der Waals surface area contributed by atoms with Gasteiger partial charge in [0.1, 0.15) is 5.84 Å². The molecule has 0 aliphatic heterocycles. The zero-order valence-corrected chi connectivity index (χ0v) is 10.2. The second-order valence-corrected chi connectivity index (χ2v) is 3.92. The van der Waals surface area contributed by atoms with Gasteiger partial charge in [0.25, 0.3) is 0 Å². The number of aromatic nitrogens is 2. The van der Waals surface area contributed by atoms with E-state index in [9.17, 15) is 0 Å². The molecule has 0 bridgehead atoms. The molecule has 3 N–H and O–H groups in total. The molecule has 0 fully saturated rings. The summed E-state index contributed by atoms with van der Waals surface area (Å²) in [4.78, 5) is 0. The second kappa shape index (κ2) is 5.53. The first-order valence-corrected chi connectivity index (χ1v) is 5.59. The molecule has 5 nitrogen and oxygen atoms in total. The Bertz CT molecular complexity index is 382. The molecule has 90 valence electrons. The van der Waals surface area contributed by atoms with Crippen LogP contribution in [0.1, 0.15) is 36.7 Å². The fourth-order valence-electron chi connectivity index (χ4n) is 1.92. The smallest absolute Gasteiger partial charge is 0.139 e. The van der Waals surface area contributed by atoms with Crippen molar-refractivity contribution in [1.82, 2.24) is 9.78 Å². The number of hydrogen-bond acceptors (Lipinski definition) is 3. The van der Waals surface area contributed by atoms with Gasteiger partial charge in [-0.25, -0.2) is 0 Å². The van der Waals surface area contributed by atoms with Gasteiger partial charge >= 0.3 is 0 Å². The number of amidine groups is 1. The van der Waals surface area contributed by atoms with Crippen molar-refractivity contribution in [1.29, 1.82) is 0 Å². The standard InChI is InChI=1S/C11H20N4O/c1-4-10-8(2)13-15(9(10)3)7-5-6-11(12)14-16/h16H,4-7H2,1-3H3,(H2,12,14). The highest BCUT2D eigenvalue weighted by atomic mass is 16.4. The Morgan fingerprint density at radius 3 is 2.69 bits per heavy atom. The molecule has 0 aliphatic rings. The van der Waals surface area contributed by atoms with E-state index in [-0.39, 0.29) is 5.84 Å². The van der Waals surface area contributed by atoms with E-state index in [1.807, 2.05) is 11.6 Å². The van der Waals surface area contributed by atoms with Crippen molar-refractivity contribution in [3.63, 3.8) is 0 Å². The van der Waals surface area contributed by atoms with E-state index in [1.165, 1.54) is 11.3 Å². The Kier molecular flexibility index (Phi) is 4.34. The first kappa shape index (κ1) is 12.5. The summed E-state index contributed by atoms with van der Waals surface area (Å²) in [5.74, 6) is 0.275. The van der Waals surface area contributed by atoms with Gasteiger partial charge in [-0.1, -0.05) is 12.1 Å². The Balaban J connectivity index is 2.61. The molecule has 5 heteroatoms. The lowest BCUT2D eigenvalue weighted by atomic mass is 10.1. The summed E-state index contributed by atoms with van der Waals surface area (Å²) in [5.41, 5.74) is 9.05. The highest BCUT2D eigenvalue weighted by molar-refractivity contribution is 5.79. The van der Waals surface area contributed by atoms with Gasteiger partial charge in [-0.3, -0.25) is 4.68 Å². The molecule has 0 amide bonds. The maximum Gasteiger partial charge on any atom is 0.139 e. The molecule has 0 atom stereocenters. The van der Waals surface area contributed by atoms with E-state index in [1.54, 1.807) is 0 Å². The summed E-state index contributed by atoms with van der Waals surface area (Å²) in [6.45, 7) is 7.06. The van der Waals surface area contributed by atoms with Gasteiger partial charge in [0.05, 0.1) is 5.69 Å². The van der Waals surface area contributed by atoms with E-state index in [0.29, 0.717) is 6.42 Å². The highest BCUT2D eigenvalue weighted by Crippen LogP contribution is 2.13. The van der Waals surface area contributed by atoms with Gasteiger partial charge in [-0.15, -0.1) is 0 Å². The van der Waals surface area contributed by atoms with Gasteiger partial charge in [-0.2, -0.15) is 5.10 Å². The van der Waals surface area contributed by atoms with Crippen LogP contribution in [-0.4, -0.2) is 20.8 Å². The summed E-state index contributed by atoms with van der Waals surface area (Å²) in [6.07, 6.45) is 2.44. The topological polar surface area (TPSA) is 76.4 Å². The van der Waals surface area contributed by atoms with Crippen LogP contribution in [0.5, 0.6) is 0 Å². The molecule has 0 aliphatic carbocycles. The SMILES string of the molecule is CCc1c(C)nn(CCCC(N)=NO)c1C. The van der Waals surface area contributed by atoms with E-state index >= 15 is 0 Å². The molecular formula is C11H20N4O. The van der Waals surface area contributed by atoms with Crippen LogP contribution >= 0.6 is 0 Å². The molecule has 0 unspecified atom stereocenters. The minimum absolute atomic E-state index is 0.275. The van der Waals surface area contributed by atoms with Crippen LogP contribution in [0.2, 0.25) is 0 Å². The van der Waals surface area contributed by atoms with Gasteiger partial charge in [0.2, 0.25) is 0 Å². The molecule has 1 heterocycles. The Hall–Kier alpha value is -1.52. The minimum atomic E-state index is 0.275. The third kappa shape index (κ3) is 2.74. The van der Waals surface area contributed by atoms with Crippen molar-refractivity contribution >= 4 is 5.84 Å². The summed E-state index contributed by atoms with van der Waals surface area (Å²) >= 11 is 0. The Labute approximate surface area is 95.9 Å². The van der Waals surface area contributed by atoms with Gasteiger partial charge in [0.15, 0.2) is 0 Å². The van der Waals surface area contributed by atoms with Gasteiger partial charge in [-0.05, 0) is 32.3 Å². The predicted octanol–water partition coefficient (Wildman–Crippen LogP) is 1.59. The lowest BCUT2D eigenvalue weighted by Gasteiger charge is -2.04. The third-order valence-corrected chi connectivity index (χ3v) is 2.82. The number of aryl methyl sites for hydroxylation is 2. The van der Waals surface area contributed by atoms with Crippen LogP contribution in [0.4, 0.5) is 0 Å². The largest absolute Gasteiger partial charge is 0.409 e. The molecule has 0 radical (unpaired) electrons. The number of hydrogen-bond donors (Lipinski definition) is 2.